The van der Waals surface area contributed by atoms with Gasteiger partial charge in [-0.05, 0) is 74.2 Å². The van der Waals surface area contributed by atoms with Crippen LogP contribution < -0.4 is 9.64 Å². The number of amides is 1. The van der Waals surface area contributed by atoms with Gasteiger partial charge in [-0.2, -0.15) is 0 Å². The number of imidazole rings is 1. The smallest absolute Gasteiger partial charge is 0.335 e. The maximum absolute atomic E-state index is 16.0. The standard InChI is InChI=1S/C36H39FN4O5/c37-30-22-28(46-23-26-20-24(35(42)40-14-4-5-15-40)8-12-32(26)39-16-18-45-19-17-39)10-11-29(30)34-38-31-21-25(36(43)44)9-13-33(31)41(34)27-6-2-1-3-7-27/h8-13,20-22,27H,1-7,14-19,23H2,(H,43,44). The fraction of sp³-hybridized carbons (Fsp3) is 0.417. The number of carboxylic acids is 1. The number of rotatable bonds is 8. The van der Waals surface area contributed by atoms with Crippen molar-refractivity contribution >= 4 is 28.6 Å². The number of hydrogen-bond acceptors (Lipinski definition) is 6. The number of morpholine rings is 1. The zero-order chi connectivity index (χ0) is 31.6. The summed E-state index contributed by atoms with van der Waals surface area (Å²) in [5.41, 5.74) is 4.33. The molecule has 46 heavy (non-hydrogen) atoms. The van der Waals surface area contributed by atoms with Crippen molar-refractivity contribution in [2.24, 2.45) is 0 Å². The summed E-state index contributed by atoms with van der Waals surface area (Å²) in [5, 5.41) is 9.54. The summed E-state index contributed by atoms with van der Waals surface area (Å²) in [7, 11) is 0. The molecule has 0 atom stereocenters. The third-order valence-electron chi connectivity index (χ3n) is 9.52. The fourth-order valence-electron chi connectivity index (χ4n) is 7.11. The predicted molar refractivity (Wildman–Crippen MR) is 173 cm³/mol. The van der Waals surface area contributed by atoms with Crippen molar-refractivity contribution in [1.29, 1.82) is 0 Å². The Hall–Kier alpha value is -4.44. The maximum Gasteiger partial charge on any atom is 0.335 e. The average molecular weight is 627 g/mol. The van der Waals surface area contributed by atoms with Gasteiger partial charge in [0.15, 0.2) is 0 Å². The summed E-state index contributed by atoms with van der Waals surface area (Å²) >= 11 is 0. The van der Waals surface area contributed by atoms with Crippen molar-refractivity contribution in [2.75, 3.05) is 44.3 Å². The molecule has 9 nitrogen and oxygen atoms in total. The van der Waals surface area contributed by atoms with Gasteiger partial charge in [0.2, 0.25) is 0 Å². The van der Waals surface area contributed by atoms with Gasteiger partial charge < -0.3 is 28.9 Å². The van der Waals surface area contributed by atoms with Gasteiger partial charge in [-0.25, -0.2) is 14.2 Å². The quantitative estimate of drug-likeness (QED) is 0.233. The molecule has 3 fully saturated rings. The Balaban J connectivity index is 1.18. The van der Waals surface area contributed by atoms with Crippen LogP contribution in [-0.2, 0) is 11.3 Å². The van der Waals surface area contributed by atoms with Crippen LogP contribution in [0.3, 0.4) is 0 Å². The molecule has 1 aromatic heterocycles. The lowest BCUT2D eigenvalue weighted by molar-refractivity contribution is 0.0696. The number of aromatic nitrogens is 2. The van der Waals surface area contributed by atoms with Crippen LogP contribution in [0.15, 0.2) is 54.6 Å². The molecule has 2 saturated heterocycles. The third-order valence-corrected chi connectivity index (χ3v) is 9.52. The van der Waals surface area contributed by atoms with E-state index in [1.54, 1.807) is 30.3 Å². The molecule has 10 heteroatoms. The normalized spacial score (nSPS) is 17.5. The summed E-state index contributed by atoms with van der Waals surface area (Å²) in [4.78, 5) is 33.8. The van der Waals surface area contributed by atoms with Gasteiger partial charge in [-0.3, -0.25) is 4.79 Å². The number of carboxylic acid groups (broad SMARTS) is 1. The SMILES string of the molecule is O=C(O)c1ccc2c(c1)nc(-c1ccc(OCc3cc(C(=O)N4CCCC4)ccc3N3CCOCC3)cc1F)n2C1CCCCC1. The molecule has 3 aromatic carbocycles. The van der Waals surface area contributed by atoms with Gasteiger partial charge in [-0.1, -0.05) is 19.3 Å². The molecule has 0 bridgehead atoms. The average Bonchev–Trinajstić information content (AvgIpc) is 3.76. The Kier molecular flexibility index (Phi) is 8.62. The van der Waals surface area contributed by atoms with Gasteiger partial charge in [0.1, 0.15) is 24.0 Å². The lowest BCUT2D eigenvalue weighted by Gasteiger charge is -2.31. The third kappa shape index (κ3) is 6.06. The van der Waals surface area contributed by atoms with Crippen LogP contribution in [0.1, 0.15) is 77.3 Å². The first-order valence-corrected chi connectivity index (χ1v) is 16.4. The molecule has 0 radical (unpaired) electrons. The highest BCUT2D eigenvalue weighted by atomic mass is 19.1. The number of likely N-dealkylation sites (tertiary alicyclic amines) is 1. The molecule has 1 amide bonds. The minimum absolute atomic E-state index is 0.0269. The Bertz CT molecular complexity index is 1750. The van der Waals surface area contributed by atoms with Crippen LogP contribution in [0.25, 0.3) is 22.4 Å². The molecule has 0 spiro atoms. The Labute approximate surface area is 267 Å². The van der Waals surface area contributed by atoms with Crippen LogP contribution in [0, 0.1) is 5.82 Å². The molecule has 7 rings (SSSR count). The second-order valence-electron chi connectivity index (χ2n) is 12.5. The second-order valence-corrected chi connectivity index (χ2v) is 12.5. The van der Waals surface area contributed by atoms with Crippen molar-refractivity contribution in [3.05, 3.63) is 77.1 Å². The fourth-order valence-corrected chi connectivity index (χ4v) is 7.11. The molecule has 240 valence electrons. The van der Waals surface area contributed by atoms with E-state index < -0.39 is 11.8 Å². The number of benzene rings is 3. The number of anilines is 1. The van der Waals surface area contributed by atoms with E-state index in [4.69, 9.17) is 14.5 Å². The van der Waals surface area contributed by atoms with E-state index in [0.717, 1.165) is 81.5 Å². The van der Waals surface area contributed by atoms with Gasteiger partial charge in [0.25, 0.3) is 5.91 Å². The first kappa shape index (κ1) is 30.2. The minimum atomic E-state index is -1.02. The maximum atomic E-state index is 16.0. The summed E-state index contributed by atoms with van der Waals surface area (Å²) in [6, 6.07) is 15.7. The summed E-state index contributed by atoms with van der Waals surface area (Å²) in [5.74, 6) is -0.588. The zero-order valence-electron chi connectivity index (χ0n) is 25.9. The van der Waals surface area contributed by atoms with E-state index >= 15 is 4.39 Å². The lowest BCUT2D eigenvalue weighted by atomic mass is 9.94. The van der Waals surface area contributed by atoms with Crippen molar-refractivity contribution in [2.45, 2.75) is 57.6 Å². The van der Waals surface area contributed by atoms with Crippen LogP contribution in [0.4, 0.5) is 10.1 Å². The number of fused-ring (bicyclic) bond motifs is 1. The van der Waals surface area contributed by atoms with Crippen LogP contribution >= 0.6 is 0 Å². The molecule has 3 aliphatic rings. The summed E-state index contributed by atoms with van der Waals surface area (Å²) < 4.78 is 29.8. The number of carbonyl (C=O) groups is 2. The van der Waals surface area contributed by atoms with E-state index in [1.807, 2.05) is 23.1 Å². The first-order valence-electron chi connectivity index (χ1n) is 16.4. The van der Waals surface area contributed by atoms with Crippen LogP contribution in [0.5, 0.6) is 5.75 Å². The number of halogens is 1. The molecule has 1 saturated carbocycles. The van der Waals surface area contributed by atoms with E-state index in [0.29, 0.717) is 41.4 Å². The topological polar surface area (TPSA) is 97.1 Å². The summed E-state index contributed by atoms with van der Waals surface area (Å²) in [6.07, 6.45) is 7.32. The molecule has 2 aliphatic heterocycles. The Morgan fingerprint density at radius 3 is 2.39 bits per heavy atom. The molecule has 0 unspecified atom stereocenters. The first-order chi connectivity index (χ1) is 22.5. The lowest BCUT2D eigenvalue weighted by Crippen LogP contribution is -2.37. The number of carbonyl (C=O) groups excluding carboxylic acids is 1. The molecular weight excluding hydrogens is 587 g/mol. The number of aromatic carboxylic acids is 1. The number of hydrogen-bond donors (Lipinski definition) is 1. The van der Waals surface area contributed by atoms with Crippen LogP contribution in [0.2, 0.25) is 0 Å². The van der Waals surface area contributed by atoms with E-state index in [1.165, 1.54) is 12.5 Å². The highest BCUT2D eigenvalue weighted by Gasteiger charge is 2.26. The van der Waals surface area contributed by atoms with Gasteiger partial charge in [0.05, 0.1) is 35.4 Å². The monoisotopic (exact) mass is 626 g/mol. The van der Waals surface area contributed by atoms with Crippen molar-refractivity contribution in [1.82, 2.24) is 14.5 Å². The molecule has 3 heterocycles. The van der Waals surface area contributed by atoms with Gasteiger partial charge >= 0.3 is 5.97 Å². The largest absolute Gasteiger partial charge is 0.489 e. The van der Waals surface area contributed by atoms with E-state index in [2.05, 4.69) is 9.47 Å². The van der Waals surface area contributed by atoms with E-state index in [9.17, 15) is 14.7 Å². The minimum Gasteiger partial charge on any atom is -0.489 e. The van der Waals surface area contributed by atoms with E-state index in [-0.39, 0.29) is 24.1 Å². The van der Waals surface area contributed by atoms with Crippen molar-refractivity contribution < 1.29 is 28.6 Å². The summed E-state index contributed by atoms with van der Waals surface area (Å²) in [6.45, 7) is 4.46. The van der Waals surface area contributed by atoms with Crippen molar-refractivity contribution in [3.8, 4) is 17.1 Å². The highest BCUT2D eigenvalue weighted by Crippen LogP contribution is 2.38. The molecule has 1 N–H and O–H groups in total. The van der Waals surface area contributed by atoms with Crippen molar-refractivity contribution in [3.63, 3.8) is 0 Å². The van der Waals surface area contributed by atoms with Crippen LogP contribution in [-0.4, -0.2) is 70.8 Å². The second kappa shape index (κ2) is 13.1. The number of ether oxygens (including phenoxy) is 2. The molecule has 4 aromatic rings. The number of nitrogens with zero attached hydrogens (tertiary/aromatic N) is 4. The van der Waals surface area contributed by atoms with Gasteiger partial charge in [-0.15, -0.1) is 0 Å². The molecular formula is C36H39FN4O5. The highest BCUT2D eigenvalue weighted by molar-refractivity contribution is 5.95. The Morgan fingerprint density at radius 2 is 1.65 bits per heavy atom. The zero-order valence-corrected chi connectivity index (χ0v) is 25.9. The Morgan fingerprint density at radius 1 is 0.891 bits per heavy atom. The molecule has 1 aliphatic carbocycles. The van der Waals surface area contributed by atoms with Gasteiger partial charge in [0, 0.05) is 55.1 Å². The predicted octanol–water partition coefficient (Wildman–Crippen LogP) is 6.70.